The highest BCUT2D eigenvalue weighted by atomic mass is 14.3. The molecule has 1 aromatic carbocycles. The van der Waals surface area contributed by atoms with E-state index < -0.39 is 0 Å². The maximum Gasteiger partial charge on any atom is 0.0912 e. The first-order chi connectivity index (χ1) is 17.2. The predicted molar refractivity (Wildman–Crippen MR) is 151 cm³/mol. The van der Waals surface area contributed by atoms with Gasteiger partial charge in [0.15, 0.2) is 0 Å². The van der Waals surface area contributed by atoms with Gasteiger partial charge in [-0.1, -0.05) is 87.3 Å². The summed E-state index contributed by atoms with van der Waals surface area (Å²) >= 11 is 0. The highest BCUT2D eigenvalue weighted by Gasteiger charge is 2.29. The molecule has 0 atom stereocenters. The zero-order valence-electron chi connectivity index (χ0n) is 22.4. The number of nitriles is 1. The zero-order chi connectivity index (χ0) is 24.7. The highest BCUT2D eigenvalue weighted by molar-refractivity contribution is 5.26. The molecule has 2 aliphatic rings. The molecule has 0 N–H and O–H groups in total. The molecule has 35 heavy (non-hydrogen) atoms. The van der Waals surface area contributed by atoms with Crippen molar-refractivity contribution in [3.63, 3.8) is 0 Å². The van der Waals surface area contributed by atoms with Crippen LogP contribution in [0.15, 0.2) is 60.7 Å². The van der Waals surface area contributed by atoms with Crippen molar-refractivity contribution in [3.8, 4) is 6.07 Å². The Morgan fingerprint density at radius 2 is 1.54 bits per heavy atom. The maximum atomic E-state index is 8.53. The third kappa shape index (κ3) is 9.48. The number of allylic oxidation sites excluding steroid dienone is 5. The van der Waals surface area contributed by atoms with E-state index in [4.69, 9.17) is 5.26 Å². The molecule has 1 aromatic rings. The van der Waals surface area contributed by atoms with Crippen LogP contribution >= 0.6 is 0 Å². The van der Waals surface area contributed by atoms with E-state index in [1.54, 1.807) is 11.1 Å². The summed E-state index contributed by atoms with van der Waals surface area (Å²) < 4.78 is 0. The van der Waals surface area contributed by atoms with Gasteiger partial charge in [0.05, 0.1) is 6.07 Å². The Labute approximate surface area is 216 Å². The second-order valence-corrected chi connectivity index (χ2v) is 11.2. The van der Waals surface area contributed by atoms with E-state index in [2.05, 4.69) is 43.8 Å². The van der Waals surface area contributed by atoms with E-state index in [1.807, 2.05) is 18.2 Å². The zero-order valence-corrected chi connectivity index (χ0v) is 22.4. The molecule has 0 saturated heterocycles. The van der Waals surface area contributed by atoms with Crippen LogP contribution < -0.4 is 0 Å². The van der Waals surface area contributed by atoms with Crippen LogP contribution in [0, 0.1) is 29.1 Å². The Morgan fingerprint density at radius 3 is 2.20 bits per heavy atom. The third-order valence-electron chi connectivity index (χ3n) is 8.80. The van der Waals surface area contributed by atoms with Gasteiger partial charge in [-0.2, -0.15) is 5.26 Å². The molecule has 0 amide bonds. The molecule has 0 unspecified atom stereocenters. The Bertz CT molecular complexity index is 820. The average Bonchev–Trinajstić information content (AvgIpc) is 2.91. The van der Waals surface area contributed by atoms with Gasteiger partial charge in [0, 0.05) is 6.08 Å². The van der Waals surface area contributed by atoms with Crippen LogP contribution in [0.2, 0.25) is 0 Å². The second-order valence-electron chi connectivity index (χ2n) is 11.2. The van der Waals surface area contributed by atoms with E-state index >= 15 is 0 Å². The Morgan fingerprint density at radius 1 is 0.886 bits per heavy atom. The molecule has 3 rings (SSSR count). The summed E-state index contributed by atoms with van der Waals surface area (Å²) in [7, 11) is 0. The summed E-state index contributed by atoms with van der Waals surface area (Å²) in [6.07, 6.45) is 28.9. The highest BCUT2D eigenvalue weighted by Crippen LogP contribution is 2.44. The lowest BCUT2D eigenvalue weighted by Gasteiger charge is -2.36. The summed E-state index contributed by atoms with van der Waals surface area (Å²) in [4.78, 5) is 0. The van der Waals surface area contributed by atoms with Crippen molar-refractivity contribution in [2.24, 2.45) is 17.8 Å². The summed E-state index contributed by atoms with van der Waals surface area (Å²) in [6.45, 7) is 6.93. The first kappa shape index (κ1) is 27.5. The smallest absolute Gasteiger partial charge is 0.0912 e. The van der Waals surface area contributed by atoms with Gasteiger partial charge in [-0.25, -0.2) is 0 Å². The number of unbranched alkanes of at least 4 members (excludes halogenated alkanes) is 4. The topological polar surface area (TPSA) is 23.8 Å². The van der Waals surface area contributed by atoms with Crippen molar-refractivity contribution in [3.05, 3.63) is 71.8 Å². The summed E-state index contributed by atoms with van der Waals surface area (Å²) in [5.74, 6) is 3.15. The Balaban J connectivity index is 1.34. The number of hydrogen-bond donors (Lipinski definition) is 0. The number of rotatable bonds is 13. The minimum absolute atomic E-state index is 0.754. The van der Waals surface area contributed by atoms with E-state index in [0.29, 0.717) is 0 Å². The second kappa shape index (κ2) is 15.8. The summed E-state index contributed by atoms with van der Waals surface area (Å²) in [5.41, 5.74) is 4.68. The van der Waals surface area contributed by atoms with Gasteiger partial charge in [0.1, 0.15) is 0 Å². The third-order valence-corrected chi connectivity index (χ3v) is 8.80. The fourth-order valence-corrected chi connectivity index (χ4v) is 6.45. The van der Waals surface area contributed by atoms with E-state index in [1.165, 1.54) is 108 Å². The van der Waals surface area contributed by atoms with Crippen LogP contribution in [0.4, 0.5) is 0 Å². The summed E-state index contributed by atoms with van der Waals surface area (Å²) in [6, 6.07) is 11.7. The van der Waals surface area contributed by atoms with Crippen LogP contribution in [0.25, 0.3) is 0 Å². The maximum absolute atomic E-state index is 8.53. The molecule has 1 heteroatoms. The molecule has 2 saturated carbocycles. The lowest BCUT2D eigenvalue weighted by atomic mass is 9.69. The molecule has 0 aliphatic heterocycles. The van der Waals surface area contributed by atoms with Crippen molar-refractivity contribution in [1.29, 1.82) is 5.26 Å². The van der Waals surface area contributed by atoms with Gasteiger partial charge in [-0.05, 0) is 112 Å². The molecule has 2 fully saturated rings. The molecule has 0 bridgehead atoms. The largest absolute Gasteiger partial charge is 0.193 e. The fourth-order valence-electron chi connectivity index (χ4n) is 6.45. The van der Waals surface area contributed by atoms with Crippen molar-refractivity contribution < 1.29 is 0 Å². The van der Waals surface area contributed by atoms with Gasteiger partial charge >= 0.3 is 0 Å². The van der Waals surface area contributed by atoms with Crippen LogP contribution in [-0.4, -0.2) is 0 Å². The summed E-state index contributed by atoms with van der Waals surface area (Å²) in [5, 5.41) is 8.53. The molecule has 0 aromatic heterocycles. The van der Waals surface area contributed by atoms with Gasteiger partial charge in [0.2, 0.25) is 0 Å². The van der Waals surface area contributed by atoms with Crippen LogP contribution in [0.1, 0.15) is 120 Å². The van der Waals surface area contributed by atoms with Crippen molar-refractivity contribution in [1.82, 2.24) is 0 Å². The average molecular weight is 472 g/mol. The van der Waals surface area contributed by atoms with Gasteiger partial charge in [-0.15, -0.1) is 0 Å². The Kier molecular flexibility index (Phi) is 12.4. The fraction of sp³-hybridized carbons (Fsp3) is 0.618. The van der Waals surface area contributed by atoms with Gasteiger partial charge < -0.3 is 0 Å². The normalized spacial score (nSPS) is 25.1. The van der Waals surface area contributed by atoms with E-state index in [0.717, 1.165) is 30.1 Å². The molecule has 0 radical (unpaired) electrons. The van der Waals surface area contributed by atoms with Crippen LogP contribution in [0.3, 0.4) is 0 Å². The molecule has 0 heterocycles. The first-order valence-corrected chi connectivity index (χ1v) is 14.7. The molecule has 0 spiro atoms. The molecule has 1 nitrogen and oxygen atoms in total. The number of aryl methyl sites for hydroxylation is 1. The number of nitrogens with zero attached hydrogens (tertiary/aromatic N) is 1. The lowest BCUT2D eigenvalue weighted by molar-refractivity contribution is 0.260. The quantitative estimate of drug-likeness (QED) is 0.121. The van der Waals surface area contributed by atoms with Crippen molar-refractivity contribution >= 4 is 0 Å². The van der Waals surface area contributed by atoms with Crippen molar-refractivity contribution in [2.75, 3.05) is 0 Å². The lowest BCUT2D eigenvalue weighted by Crippen LogP contribution is -2.22. The van der Waals surface area contributed by atoms with Gasteiger partial charge in [-0.3, -0.25) is 0 Å². The first-order valence-electron chi connectivity index (χ1n) is 14.7. The van der Waals surface area contributed by atoms with Gasteiger partial charge in [0.25, 0.3) is 0 Å². The SMILES string of the molecule is C=C([C@H]1CC[C@H](CC/C=C/C=C/C#N)CC1)[C@H]1CC[C@H](c2ccc(CCCCCCC)cc2)CC1. The molecular formula is C34H49N. The van der Waals surface area contributed by atoms with E-state index in [-0.39, 0.29) is 0 Å². The monoisotopic (exact) mass is 471 g/mol. The number of benzene rings is 1. The predicted octanol–water partition coefficient (Wildman–Crippen LogP) is 10.3. The standard InChI is InChI=1S/C34H49N/c1-3-4-5-7-10-13-30-17-21-33(22-18-30)34-25-23-32(24-26-34)28(2)31-19-15-29(16-20-31)14-11-8-6-9-12-27-35/h6,8-9,12,17-18,21-22,29,31-32,34H,2-5,7,10-11,13-16,19-20,23-26H2,1H3/b8-6+,12-9+/t29-,31-,32-,34-. The molecule has 190 valence electrons. The van der Waals surface area contributed by atoms with Crippen LogP contribution in [-0.2, 0) is 6.42 Å². The molecular weight excluding hydrogens is 422 g/mol. The molecule has 2 aliphatic carbocycles. The minimum atomic E-state index is 0.754. The number of hydrogen-bond acceptors (Lipinski definition) is 1. The van der Waals surface area contributed by atoms with Crippen molar-refractivity contribution in [2.45, 2.75) is 116 Å². The van der Waals surface area contributed by atoms with Crippen LogP contribution in [0.5, 0.6) is 0 Å². The van der Waals surface area contributed by atoms with E-state index in [9.17, 15) is 0 Å². The minimum Gasteiger partial charge on any atom is -0.193 e. The Hall–Kier alpha value is -2.07.